The highest BCUT2D eigenvalue weighted by molar-refractivity contribution is 7.89. The van der Waals surface area contributed by atoms with E-state index in [1.54, 1.807) is 16.4 Å². The molecule has 7 nitrogen and oxygen atoms in total. The Balaban J connectivity index is 1.47. The lowest BCUT2D eigenvalue weighted by molar-refractivity contribution is 0.304. The highest BCUT2D eigenvalue weighted by atomic mass is 32.2. The maximum absolute atomic E-state index is 12.9. The second-order valence-electron chi connectivity index (χ2n) is 7.67. The van der Waals surface area contributed by atoms with Crippen molar-refractivity contribution in [3.63, 3.8) is 0 Å². The number of sulfonamides is 1. The van der Waals surface area contributed by atoms with E-state index in [4.69, 9.17) is 0 Å². The van der Waals surface area contributed by atoms with E-state index in [0.717, 1.165) is 56.1 Å². The summed E-state index contributed by atoms with van der Waals surface area (Å²) in [7, 11) is -1.28. The fraction of sp³-hybridized carbons (Fsp3) is 0.579. The monoisotopic (exact) mass is 389 g/mol. The van der Waals surface area contributed by atoms with Crippen LogP contribution in [0.15, 0.2) is 29.2 Å². The number of benzene rings is 1. The molecule has 0 spiro atoms. The van der Waals surface area contributed by atoms with Crippen LogP contribution in [0.2, 0.25) is 0 Å². The Morgan fingerprint density at radius 3 is 2.37 bits per heavy atom. The molecule has 1 fully saturated rings. The first-order valence-corrected chi connectivity index (χ1v) is 11.1. The number of likely N-dealkylation sites (N-methyl/N-ethyl adjacent to an activating group) is 1. The standard InChI is InChI=1S/C19H27N5O2S/c1-15-3-5-17(6-4-15)27(25,26)23-11-7-16(8-12-23)19-21-20-18-9-10-22(2)13-14-24(18)19/h3-6,16H,7-14H2,1-2H3. The van der Waals surface area contributed by atoms with Crippen molar-refractivity contribution in [1.82, 2.24) is 24.0 Å². The van der Waals surface area contributed by atoms with Gasteiger partial charge in [-0.1, -0.05) is 17.7 Å². The van der Waals surface area contributed by atoms with Gasteiger partial charge in [-0.15, -0.1) is 10.2 Å². The lowest BCUT2D eigenvalue weighted by Gasteiger charge is -2.31. The summed E-state index contributed by atoms with van der Waals surface area (Å²) in [5.41, 5.74) is 1.06. The van der Waals surface area contributed by atoms with Crippen LogP contribution in [-0.2, 0) is 23.0 Å². The summed E-state index contributed by atoms with van der Waals surface area (Å²) in [6.45, 7) is 5.94. The zero-order valence-electron chi connectivity index (χ0n) is 16.0. The van der Waals surface area contributed by atoms with Gasteiger partial charge >= 0.3 is 0 Å². The van der Waals surface area contributed by atoms with E-state index < -0.39 is 10.0 Å². The Kier molecular flexibility index (Phi) is 5.05. The van der Waals surface area contributed by atoms with Gasteiger partial charge in [0.2, 0.25) is 10.0 Å². The Labute approximate surface area is 161 Å². The average molecular weight is 390 g/mol. The predicted octanol–water partition coefficient (Wildman–Crippen LogP) is 1.64. The van der Waals surface area contributed by atoms with Crippen LogP contribution in [0.3, 0.4) is 0 Å². The van der Waals surface area contributed by atoms with Crippen LogP contribution in [0.25, 0.3) is 0 Å². The van der Waals surface area contributed by atoms with Crippen LogP contribution in [0.5, 0.6) is 0 Å². The second kappa shape index (κ2) is 7.33. The summed E-state index contributed by atoms with van der Waals surface area (Å²) in [6.07, 6.45) is 2.50. The third-order valence-electron chi connectivity index (χ3n) is 5.76. The highest BCUT2D eigenvalue weighted by Crippen LogP contribution is 2.30. The minimum atomic E-state index is -3.42. The van der Waals surface area contributed by atoms with Gasteiger partial charge in [-0.2, -0.15) is 4.31 Å². The maximum Gasteiger partial charge on any atom is 0.243 e. The number of rotatable bonds is 3. The summed E-state index contributed by atoms with van der Waals surface area (Å²) in [6, 6.07) is 7.10. The van der Waals surface area contributed by atoms with Crippen LogP contribution in [-0.4, -0.2) is 65.6 Å². The molecule has 1 saturated heterocycles. The largest absolute Gasteiger partial charge is 0.313 e. The van der Waals surface area contributed by atoms with Crippen molar-refractivity contribution >= 4 is 10.0 Å². The molecule has 0 radical (unpaired) electrons. The van der Waals surface area contributed by atoms with Gasteiger partial charge < -0.3 is 9.47 Å². The molecule has 2 aromatic rings. The van der Waals surface area contributed by atoms with Crippen LogP contribution >= 0.6 is 0 Å². The second-order valence-corrected chi connectivity index (χ2v) is 9.61. The molecule has 1 aromatic heterocycles. The maximum atomic E-state index is 12.9. The van der Waals surface area contributed by atoms with Crippen LogP contribution in [0.1, 0.15) is 36.0 Å². The zero-order chi connectivity index (χ0) is 19.0. The Morgan fingerprint density at radius 2 is 1.67 bits per heavy atom. The molecule has 0 unspecified atom stereocenters. The van der Waals surface area contributed by atoms with Gasteiger partial charge in [-0.3, -0.25) is 0 Å². The van der Waals surface area contributed by atoms with E-state index in [2.05, 4.69) is 26.7 Å². The molecule has 0 saturated carbocycles. The van der Waals surface area contributed by atoms with Crippen molar-refractivity contribution in [3.05, 3.63) is 41.5 Å². The average Bonchev–Trinajstić information content (AvgIpc) is 2.99. The van der Waals surface area contributed by atoms with E-state index in [0.29, 0.717) is 18.0 Å². The topological polar surface area (TPSA) is 71.3 Å². The molecular formula is C19H27N5O2S. The molecule has 0 aliphatic carbocycles. The molecule has 0 bridgehead atoms. The number of fused-ring (bicyclic) bond motifs is 1. The first kappa shape index (κ1) is 18.6. The molecule has 27 heavy (non-hydrogen) atoms. The Morgan fingerprint density at radius 1 is 0.963 bits per heavy atom. The van der Waals surface area contributed by atoms with E-state index in [-0.39, 0.29) is 5.92 Å². The van der Waals surface area contributed by atoms with Crippen molar-refractivity contribution in [2.75, 3.05) is 33.2 Å². The fourth-order valence-electron chi connectivity index (χ4n) is 3.97. The van der Waals surface area contributed by atoms with Gasteiger partial charge in [0.1, 0.15) is 11.6 Å². The first-order valence-electron chi connectivity index (χ1n) is 9.62. The van der Waals surface area contributed by atoms with Crippen molar-refractivity contribution < 1.29 is 8.42 Å². The molecule has 0 atom stereocenters. The number of aromatic nitrogens is 3. The van der Waals surface area contributed by atoms with Gasteiger partial charge in [0.05, 0.1) is 4.90 Å². The molecule has 4 rings (SSSR count). The quantitative estimate of drug-likeness (QED) is 0.798. The third-order valence-corrected chi connectivity index (χ3v) is 7.67. The normalized spacial score (nSPS) is 20.4. The molecule has 0 N–H and O–H groups in total. The third kappa shape index (κ3) is 3.66. The Bertz CT molecular complexity index is 899. The highest BCUT2D eigenvalue weighted by Gasteiger charge is 2.32. The molecule has 2 aliphatic rings. The van der Waals surface area contributed by atoms with Crippen molar-refractivity contribution in [3.8, 4) is 0 Å². The van der Waals surface area contributed by atoms with E-state index >= 15 is 0 Å². The van der Waals surface area contributed by atoms with Crippen molar-refractivity contribution in [2.24, 2.45) is 0 Å². The first-order chi connectivity index (χ1) is 12.9. The predicted molar refractivity (Wildman–Crippen MR) is 103 cm³/mol. The van der Waals surface area contributed by atoms with Crippen LogP contribution in [0, 0.1) is 6.92 Å². The minimum Gasteiger partial charge on any atom is -0.313 e. The zero-order valence-corrected chi connectivity index (χ0v) is 16.8. The number of aryl methyl sites for hydroxylation is 1. The summed E-state index contributed by atoms with van der Waals surface area (Å²) < 4.78 is 29.7. The molecule has 3 heterocycles. The van der Waals surface area contributed by atoms with Gasteiger partial charge in [0.25, 0.3) is 0 Å². The van der Waals surface area contributed by atoms with Crippen molar-refractivity contribution in [1.29, 1.82) is 0 Å². The van der Waals surface area contributed by atoms with Crippen LogP contribution < -0.4 is 0 Å². The number of nitrogens with zero attached hydrogens (tertiary/aromatic N) is 5. The number of piperidine rings is 1. The minimum absolute atomic E-state index is 0.277. The van der Waals surface area contributed by atoms with E-state index in [9.17, 15) is 8.42 Å². The van der Waals surface area contributed by atoms with E-state index in [1.807, 2.05) is 19.1 Å². The van der Waals surface area contributed by atoms with Gasteiger partial charge in [-0.25, -0.2) is 8.42 Å². The van der Waals surface area contributed by atoms with E-state index in [1.165, 1.54) is 0 Å². The Hall–Kier alpha value is -1.77. The lowest BCUT2D eigenvalue weighted by atomic mass is 9.97. The summed E-state index contributed by atoms with van der Waals surface area (Å²) in [5, 5.41) is 8.87. The SMILES string of the molecule is Cc1ccc(S(=O)(=O)N2CCC(c3nnc4n3CCN(C)CC4)CC2)cc1. The fourth-order valence-corrected chi connectivity index (χ4v) is 5.44. The summed E-state index contributed by atoms with van der Waals surface area (Å²) in [4.78, 5) is 2.70. The van der Waals surface area contributed by atoms with Crippen LogP contribution in [0.4, 0.5) is 0 Å². The van der Waals surface area contributed by atoms with Gasteiger partial charge in [-0.05, 0) is 38.9 Å². The molecule has 2 aliphatic heterocycles. The lowest BCUT2D eigenvalue weighted by Crippen LogP contribution is -2.38. The van der Waals surface area contributed by atoms with Gasteiger partial charge in [0, 0.05) is 45.1 Å². The number of hydrogen-bond acceptors (Lipinski definition) is 5. The summed E-state index contributed by atoms with van der Waals surface area (Å²) >= 11 is 0. The molecular weight excluding hydrogens is 362 g/mol. The molecule has 8 heteroatoms. The van der Waals surface area contributed by atoms with Crippen molar-refractivity contribution in [2.45, 2.75) is 43.5 Å². The molecule has 0 amide bonds. The number of hydrogen-bond donors (Lipinski definition) is 0. The van der Waals surface area contributed by atoms with Gasteiger partial charge in [0.15, 0.2) is 0 Å². The summed E-state index contributed by atoms with van der Waals surface area (Å²) in [5.74, 6) is 2.37. The smallest absolute Gasteiger partial charge is 0.243 e. The molecule has 146 valence electrons. The molecule has 1 aromatic carbocycles.